The van der Waals surface area contributed by atoms with Crippen LogP contribution in [-0.4, -0.2) is 39.2 Å². The van der Waals surface area contributed by atoms with E-state index in [1.165, 1.54) is 14.2 Å². The monoisotopic (exact) mass is 704 g/mol. The van der Waals surface area contributed by atoms with Gasteiger partial charge in [-0.2, -0.15) is 0 Å². The molecule has 4 rings (SSSR count). The van der Waals surface area contributed by atoms with Crippen LogP contribution in [0.1, 0.15) is 25.7 Å². The Morgan fingerprint density at radius 1 is 0.565 bits per heavy atom. The van der Waals surface area contributed by atoms with Gasteiger partial charge in [-0.25, -0.2) is 0 Å². The van der Waals surface area contributed by atoms with Crippen LogP contribution in [0.2, 0.25) is 20.1 Å². The summed E-state index contributed by atoms with van der Waals surface area (Å²) in [5.74, 6) is 1.65. The van der Waals surface area contributed by atoms with Gasteiger partial charge in [-0.05, 0) is 84.6 Å². The SMILES string of the molecule is COc1cc(-c2ccc(NC(=O)CCCOc3ccc(Cl)cc3Cl)c(OC)c2)ccc1NC(=O)CCCOc1ccc(Cl)cc1Cl. The Bertz CT molecular complexity index is 1560. The second-order valence-corrected chi connectivity index (χ2v) is 11.7. The highest BCUT2D eigenvalue weighted by Gasteiger charge is 2.14. The number of halogens is 4. The number of ether oxygens (including phenoxy) is 4. The standard InChI is InChI=1S/C34H32Cl4N2O6/c1-43-31-17-21(7-11-27(31)39-33(41)5-3-15-45-29-13-9-23(35)19-25(29)37)22-8-12-28(32(18-22)44-2)40-34(42)6-4-16-46-30-14-10-24(36)20-26(30)38/h7-14,17-20H,3-6,15-16H2,1-2H3,(H,39,41)(H,40,42). The van der Waals surface area contributed by atoms with Crippen molar-refractivity contribution >= 4 is 69.6 Å². The molecular formula is C34H32Cl4N2O6. The second-order valence-electron chi connectivity index (χ2n) is 9.98. The Labute approximate surface area is 287 Å². The zero-order chi connectivity index (χ0) is 33.1. The van der Waals surface area contributed by atoms with Crippen LogP contribution in [0.15, 0.2) is 72.8 Å². The lowest BCUT2D eigenvalue weighted by Gasteiger charge is -2.15. The highest BCUT2D eigenvalue weighted by atomic mass is 35.5. The molecule has 0 aliphatic carbocycles. The second kappa shape index (κ2) is 17.2. The molecule has 0 spiro atoms. The predicted molar refractivity (Wildman–Crippen MR) is 185 cm³/mol. The number of benzene rings is 4. The van der Waals surface area contributed by atoms with Crippen LogP contribution in [0.4, 0.5) is 11.4 Å². The summed E-state index contributed by atoms with van der Waals surface area (Å²) < 4.78 is 22.4. The van der Waals surface area contributed by atoms with Crippen LogP contribution < -0.4 is 29.6 Å². The molecule has 0 aromatic heterocycles. The summed E-state index contributed by atoms with van der Waals surface area (Å²) in [5, 5.41) is 7.65. The van der Waals surface area contributed by atoms with Gasteiger partial charge in [-0.15, -0.1) is 0 Å². The summed E-state index contributed by atoms with van der Waals surface area (Å²) in [6, 6.07) is 20.9. The molecule has 0 saturated carbocycles. The average molecular weight is 706 g/mol. The van der Waals surface area contributed by atoms with Gasteiger partial charge >= 0.3 is 0 Å². The number of rotatable bonds is 15. The van der Waals surface area contributed by atoms with Crippen LogP contribution in [0.3, 0.4) is 0 Å². The van der Waals surface area contributed by atoms with Gasteiger partial charge in [-0.1, -0.05) is 58.5 Å². The molecule has 0 aliphatic rings. The number of hydrogen-bond acceptors (Lipinski definition) is 6. The molecule has 0 saturated heterocycles. The Morgan fingerprint density at radius 3 is 1.35 bits per heavy atom. The van der Waals surface area contributed by atoms with E-state index in [0.29, 0.717) is 80.5 Å². The first-order chi connectivity index (χ1) is 22.2. The van der Waals surface area contributed by atoms with Crippen molar-refractivity contribution in [3.05, 3.63) is 92.9 Å². The van der Waals surface area contributed by atoms with Gasteiger partial charge in [0.25, 0.3) is 0 Å². The van der Waals surface area contributed by atoms with Gasteiger partial charge in [0, 0.05) is 22.9 Å². The molecule has 0 unspecified atom stereocenters. The Balaban J connectivity index is 1.29. The van der Waals surface area contributed by atoms with Crippen molar-refractivity contribution < 1.29 is 28.5 Å². The summed E-state index contributed by atoms with van der Waals surface area (Å²) >= 11 is 24.1. The molecule has 4 aromatic carbocycles. The van der Waals surface area contributed by atoms with Crippen molar-refractivity contribution in [2.24, 2.45) is 0 Å². The zero-order valence-corrected chi connectivity index (χ0v) is 28.2. The van der Waals surface area contributed by atoms with Crippen LogP contribution >= 0.6 is 46.4 Å². The smallest absolute Gasteiger partial charge is 0.224 e. The van der Waals surface area contributed by atoms with Gasteiger partial charge in [0.05, 0.1) is 48.9 Å². The average Bonchev–Trinajstić information content (AvgIpc) is 3.03. The fourth-order valence-corrected chi connectivity index (χ4v) is 5.31. The molecule has 8 nitrogen and oxygen atoms in total. The van der Waals surface area contributed by atoms with Gasteiger partial charge in [0.1, 0.15) is 23.0 Å². The lowest BCUT2D eigenvalue weighted by Crippen LogP contribution is -2.14. The van der Waals surface area contributed by atoms with Crippen LogP contribution in [-0.2, 0) is 9.59 Å². The molecule has 0 radical (unpaired) electrons. The molecule has 2 amide bonds. The third-order valence-electron chi connectivity index (χ3n) is 6.68. The molecule has 0 heterocycles. The molecule has 0 bridgehead atoms. The minimum atomic E-state index is -0.182. The van der Waals surface area contributed by atoms with Crippen molar-refractivity contribution in [2.75, 3.05) is 38.1 Å². The van der Waals surface area contributed by atoms with Gasteiger partial charge in [0.2, 0.25) is 11.8 Å². The first kappa shape index (κ1) is 35.0. The highest BCUT2D eigenvalue weighted by Crippen LogP contribution is 2.35. The maximum Gasteiger partial charge on any atom is 0.224 e. The molecule has 46 heavy (non-hydrogen) atoms. The number of methoxy groups -OCH3 is 2. The van der Waals surface area contributed by atoms with E-state index >= 15 is 0 Å². The van der Waals surface area contributed by atoms with Crippen molar-refractivity contribution in [1.82, 2.24) is 0 Å². The minimum Gasteiger partial charge on any atom is -0.495 e. The molecule has 0 aliphatic heterocycles. The van der Waals surface area contributed by atoms with Gasteiger partial charge < -0.3 is 29.6 Å². The maximum atomic E-state index is 12.6. The zero-order valence-electron chi connectivity index (χ0n) is 25.1. The lowest BCUT2D eigenvalue weighted by molar-refractivity contribution is -0.117. The van der Waals surface area contributed by atoms with E-state index in [-0.39, 0.29) is 24.7 Å². The molecule has 0 atom stereocenters. The fraction of sp³-hybridized carbons (Fsp3) is 0.235. The normalized spacial score (nSPS) is 10.7. The Morgan fingerprint density at radius 2 is 0.978 bits per heavy atom. The van der Waals surface area contributed by atoms with E-state index in [2.05, 4.69) is 10.6 Å². The Hall–Kier alpha value is -3.82. The predicted octanol–water partition coefficient (Wildman–Crippen LogP) is 9.58. The molecule has 2 N–H and O–H groups in total. The molecule has 12 heteroatoms. The van der Waals surface area contributed by atoms with Crippen molar-refractivity contribution in [1.29, 1.82) is 0 Å². The number of nitrogens with one attached hydrogen (secondary N) is 2. The van der Waals surface area contributed by atoms with Crippen molar-refractivity contribution in [3.8, 4) is 34.1 Å². The van der Waals surface area contributed by atoms with Crippen molar-refractivity contribution in [2.45, 2.75) is 25.7 Å². The maximum absolute atomic E-state index is 12.6. The molecule has 242 valence electrons. The first-order valence-corrected chi connectivity index (χ1v) is 15.8. The quantitative estimate of drug-likeness (QED) is 0.120. The number of hydrogen-bond donors (Lipinski definition) is 2. The molecule has 0 fully saturated rings. The third kappa shape index (κ3) is 10.1. The van der Waals surface area contributed by atoms with E-state index in [4.69, 9.17) is 65.4 Å². The van der Waals surface area contributed by atoms with Crippen molar-refractivity contribution in [3.63, 3.8) is 0 Å². The number of carbonyl (C=O) groups excluding carboxylic acids is 2. The minimum absolute atomic E-state index is 0.182. The van der Waals surface area contributed by atoms with Crippen LogP contribution in [0.25, 0.3) is 11.1 Å². The van der Waals surface area contributed by atoms with Gasteiger partial charge in [-0.3, -0.25) is 9.59 Å². The number of carbonyl (C=O) groups is 2. The van der Waals surface area contributed by atoms with E-state index in [1.54, 1.807) is 48.5 Å². The Kier molecular flexibility index (Phi) is 13.1. The number of anilines is 2. The topological polar surface area (TPSA) is 95.1 Å². The molecule has 4 aromatic rings. The summed E-state index contributed by atoms with van der Waals surface area (Å²) in [6.07, 6.45) is 1.45. The van der Waals surface area contributed by atoms with Gasteiger partial charge in [0.15, 0.2) is 0 Å². The van der Waals surface area contributed by atoms with E-state index < -0.39 is 0 Å². The summed E-state index contributed by atoms with van der Waals surface area (Å²) in [7, 11) is 3.07. The lowest BCUT2D eigenvalue weighted by atomic mass is 10.0. The fourth-order valence-electron chi connectivity index (χ4n) is 4.39. The summed E-state index contributed by atoms with van der Waals surface area (Å²) in [4.78, 5) is 25.2. The van der Waals surface area contributed by atoms with E-state index in [9.17, 15) is 9.59 Å². The van der Waals surface area contributed by atoms with Crippen LogP contribution in [0.5, 0.6) is 23.0 Å². The molecular weight excluding hydrogens is 674 g/mol. The largest absolute Gasteiger partial charge is 0.495 e. The number of amides is 2. The summed E-state index contributed by atoms with van der Waals surface area (Å²) in [5.41, 5.74) is 2.74. The highest BCUT2D eigenvalue weighted by molar-refractivity contribution is 6.36. The van der Waals surface area contributed by atoms with Crippen LogP contribution in [0, 0.1) is 0 Å². The summed E-state index contributed by atoms with van der Waals surface area (Å²) in [6.45, 7) is 0.633. The third-order valence-corrected chi connectivity index (χ3v) is 7.74. The van der Waals surface area contributed by atoms with E-state index in [1.807, 2.05) is 24.3 Å². The van der Waals surface area contributed by atoms with E-state index in [0.717, 1.165) is 11.1 Å². The first-order valence-electron chi connectivity index (χ1n) is 14.3.